The maximum absolute atomic E-state index is 12.0. The molecular weight excluding hydrogens is 208 g/mol. The normalized spacial score (nSPS) is 23.1. The number of likely N-dealkylation sites (tertiary alicyclic amines) is 1. The summed E-state index contributed by atoms with van der Waals surface area (Å²) in [6.07, 6.45) is 1.04. The van der Waals surface area contributed by atoms with E-state index < -0.39 is 0 Å². The molecular formula is C11H16N2OS. The van der Waals surface area contributed by atoms with Crippen LogP contribution in [0.15, 0.2) is 16.8 Å². The van der Waals surface area contributed by atoms with E-state index in [1.807, 2.05) is 28.7 Å². The van der Waals surface area contributed by atoms with Crippen molar-refractivity contribution in [2.45, 2.75) is 19.4 Å². The number of nitrogens with zero attached hydrogens (tertiary/aromatic N) is 1. The highest BCUT2D eigenvalue weighted by atomic mass is 32.1. The van der Waals surface area contributed by atoms with Crippen molar-refractivity contribution in [3.63, 3.8) is 0 Å². The number of rotatable bonds is 2. The lowest BCUT2D eigenvalue weighted by atomic mass is 10.0. The smallest absolute Gasteiger partial charge is 0.254 e. The monoisotopic (exact) mass is 224 g/mol. The van der Waals surface area contributed by atoms with Crippen LogP contribution in [0.2, 0.25) is 0 Å². The third-order valence-electron chi connectivity index (χ3n) is 3.02. The summed E-state index contributed by atoms with van der Waals surface area (Å²) in [5.74, 6) is 0.618. The first-order valence-corrected chi connectivity index (χ1v) is 6.20. The molecule has 2 heterocycles. The molecule has 2 N–H and O–H groups in total. The largest absolute Gasteiger partial charge is 0.338 e. The van der Waals surface area contributed by atoms with Crippen LogP contribution >= 0.6 is 11.3 Å². The van der Waals surface area contributed by atoms with E-state index in [1.165, 1.54) is 0 Å². The van der Waals surface area contributed by atoms with E-state index >= 15 is 0 Å². The van der Waals surface area contributed by atoms with Gasteiger partial charge in [0.15, 0.2) is 0 Å². The molecule has 1 aromatic heterocycles. The Morgan fingerprint density at radius 3 is 3.07 bits per heavy atom. The number of amides is 1. The Balaban J connectivity index is 1.99. The number of carbonyl (C=O) groups is 1. The number of nitrogens with two attached hydrogens (primary N) is 1. The molecule has 15 heavy (non-hydrogen) atoms. The van der Waals surface area contributed by atoms with E-state index in [0.29, 0.717) is 5.92 Å². The second-order valence-corrected chi connectivity index (χ2v) is 4.95. The van der Waals surface area contributed by atoms with Crippen molar-refractivity contribution in [1.82, 2.24) is 4.90 Å². The van der Waals surface area contributed by atoms with Gasteiger partial charge in [0.1, 0.15) is 0 Å². The fraction of sp³-hybridized carbons (Fsp3) is 0.545. The molecule has 0 aliphatic carbocycles. The van der Waals surface area contributed by atoms with Gasteiger partial charge in [-0.25, -0.2) is 0 Å². The number of thiophene rings is 1. The lowest BCUT2D eigenvalue weighted by Crippen LogP contribution is -2.32. The molecule has 0 saturated carbocycles. The summed E-state index contributed by atoms with van der Waals surface area (Å²) in [5.41, 5.74) is 6.65. The quantitative estimate of drug-likeness (QED) is 0.828. The van der Waals surface area contributed by atoms with E-state index in [2.05, 4.69) is 0 Å². The van der Waals surface area contributed by atoms with E-state index in [0.717, 1.165) is 25.1 Å². The molecule has 1 saturated heterocycles. The predicted octanol–water partition coefficient (Wildman–Crippen LogP) is 1.56. The zero-order valence-corrected chi connectivity index (χ0v) is 9.67. The summed E-state index contributed by atoms with van der Waals surface area (Å²) in [6, 6.07) is 2.07. The average Bonchev–Trinajstić information content (AvgIpc) is 2.88. The molecule has 82 valence electrons. The molecule has 3 nitrogen and oxygen atoms in total. The fourth-order valence-electron chi connectivity index (χ4n) is 1.97. The van der Waals surface area contributed by atoms with Crippen LogP contribution in [0.3, 0.4) is 0 Å². The van der Waals surface area contributed by atoms with Gasteiger partial charge in [-0.1, -0.05) is 0 Å². The second-order valence-electron chi connectivity index (χ2n) is 4.17. The van der Waals surface area contributed by atoms with Gasteiger partial charge in [-0.05, 0) is 30.7 Å². The zero-order valence-electron chi connectivity index (χ0n) is 8.85. The van der Waals surface area contributed by atoms with Crippen LogP contribution in [0.4, 0.5) is 0 Å². The van der Waals surface area contributed by atoms with Crippen LogP contribution in [0, 0.1) is 5.92 Å². The van der Waals surface area contributed by atoms with E-state index in [4.69, 9.17) is 5.73 Å². The maximum atomic E-state index is 12.0. The zero-order chi connectivity index (χ0) is 10.8. The standard InChI is InChI=1S/C11H16N2OS/c1-8(12)9-2-4-13(6-9)11(14)10-3-5-15-7-10/h3,5,7-9H,2,4,6,12H2,1H3. The molecule has 4 heteroatoms. The van der Waals surface area contributed by atoms with Crippen molar-refractivity contribution < 1.29 is 4.79 Å². The first-order chi connectivity index (χ1) is 7.18. The topological polar surface area (TPSA) is 46.3 Å². The summed E-state index contributed by atoms with van der Waals surface area (Å²) in [7, 11) is 0. The third kappa shape index (κ3) is 2.21. The Bertz CT molecular complexity index is 334. The van der Waals surface area contributed by atoms with Crippen molar-refractivity contribution in [1.29, 1.82) is 0 Å². The lowest BCUT2D eigenvalue weighted by Gasteiger charge is -2.17. The van der Waals surface area contributed by atoms with Gasteiger partial charge in [-0.3, -0.25) is 4.79 Å². The van der Waals surface area contributed by atoms with Crippen LogP contribution in [0.1, 0.15) is 23.7 Å². The van der Waals surface area contributed by atoms with Crippen molar-refractivity contribution >= 4 is 17.2 Å². The Hall–Kier alpha value is -0.870. The third-order valence-corrected chi connectivity index (χ3v) is 3.71. The van der Waals surface area contributed by atoms with Gasteiger partial charge in [0, 0.05) is 24.5 Å². The van der Waals surface area contributed by atoms with Crippen LogP contribution in [-0.4, -0.2) is 29.9 Å². The van der Waals surface area contributed by atoms with Crippen molar-refractivity contribution in [2.24, 2.45) is 11.7 Å². The number of hydrogen-bond acceptors (Lipinski definition) is 3. The molecule has 1 amide bonds. The van der Waals surface area contributed by atoms with Gasteiger partial charge in [0.25, 0.3) is 5.91 Å². The molecule has 2 atom stereocenters. The van der Waals surface area contributed by atoms with Crippen molar-refractivity contribution in [2.75, 3.05) is 13.1 Å². The molecule has 1 fully saturated rings. The van der Waals surface area contributed by atoms with Crippen LogP contribution in [-0.2, 0) is 0 Å². The SMILES string of the molecule is CC(N)C1CCN(C(=O)c2ccsc2)C1. The average molecular weight is 224 g/mol. The highest BCUT2D eigenvalue weighted by Crippen LogP contribution is 2.21. The van der Waals surface area contributed by atoms with Crippen LogP contribution < -0.4 is 5.73 Å². The first kappa shape index (κ1) is 10.6. The minimum atomic E-state index is 0.152. The minimum absolute atomic E-state index is 0.152. The highest BCUT2D eigenvalue weighted by Gasteiger charge is 2.28. The summed E-state index contributed by atoms with van der Waals surface area (Å²) in [5, 5.41) is 3.84. The summed E-state index contributed by atoms with van der Waals surface area (Å²) < 4.78 is 0. The summed E-state index contributed by atoms with van der Waals surface area (Å²) in [4.78, 5) is 13.9. The van der Waals surface area contributed by atoms with Crippen LogP contribution in [0.25, 0.3) is 0 Å². The Morgan fingerprint density at radius 2 is 2.53 bits per heavy atom. The van der Waals surface area contributed by atoms with E-state index in [1.54, 1.807) is 11.3 Å². The molecule has 1 aliphatic rings. The number of carbonyl (C=O) groups excluding carboxylic acids is 1. The molecule has 0 spiro atoms. The van der Waals surface area contributed by atoms with Gasteiger partial charge in [0.2, 0.25) is 0 Å². The highest BCUT2D eigenvalue weighted by molar-refractivity contribution is 7.08. The maximum Gasteiger partial charge on any atom is 0.254 e. The Labute approximate surface area is 93.9 Å². The van der Waals surface area contributed by atoms with Crippen molar-refractivity contribution in [3.8, 4) is 0 Å². The molecule has 0 radical (unpaired) electrons. The van der Waals surface area contributed by atoms with E-state index in [9.17, 15) is 4.79 Å². The predicted molar refractivity (Wildman–Crippen MR) is 62.0 cm³/mol. The summed E-state index contributed by atoms with van der Waals surface area (Å²) in [6.45, 7) is 3.68. The van der Waals surface area contributed by atoms with Gasteiger partial charge < -0.3 is 10.6 Å². The summed E-state index contributed by atoms with van der Waals surface area (Å²) >= 11 is 1.56. The molecule has 1 aromatic rings. The molecule has 0 aromatic carbocycles. The number of hydrogen-bond donors (Lipinski definition) is 1. The minimum Gasteiger partial charge on any atom is -0.338 e. The molecule has 1 aliphatic heterocycles. The molecule has 2 unspecified atom stereocenters. The molecule has 0 bridgehead atoms. The lowest BCUT2D eigenvalue weighted by molar-refractivity contribution is 0.0786. The second kappa shape index (κ2) is 4.33. The van der Waals surface area contributed by atoms with E-state index in [-0.39, 0.29) is 11.9 Å². The van der Waals surface area contributed by atoms with Gasteiger partial charge >= 0.3 is 0 Å². The van der Waals surface area contributed by atoms with Gasteiger partial charge in [-0.2, -0.15) is 11.3 Å². The van der Waals surface area contributed by atoms with Gasteiger partial charge in [0.05, 0.1) is 5.56 Å². The van der Waals surface area contributed by atoms with Crippen LogP contribution in [0.5, 0.6) is 0 Å². The molecule has 2 rings (SSSR count). The Kier molecular flexibility index (Phi) is 3.07. The van der Waals surface area contributed by atoms with Crippen molar-refractivity contribution in [3.05, 3.63) is 22.4 Å². The Morgan fingerprint density at radius 1 is 1.73 bits per heavy atom. The van der Waals surface area contributed by atoms with Gasteiger partial charge in [-0.15, -0.1) is 0 Å². The fourth-order valence-corrected chi connectivity index (χ4v) is 2.60. The first-order valence-electron chi connectivity index (χ1n) is 5.25.